The molecule has 1 aromatic carbocycles. The van der Waals surface area contributed by atoms with Crippen LogP contribution < -0.4 is 5.73 Å². The van der Waals surface area contributed by atoms with Gasteiger partial charge in [0.1, 0.15) is 0 Å². The van der Waals surface area contributed by atoms with E-state index in [0.717, 1.165) is 10.2 Å². The summed E-state index contributed by atoms with van der Waals surface area (Å²) in [6.07, 6.45) is 0. The number of benzene rings is 1. The number of amides is 1. The fourth-order valence-corrected chi connectivity index (χ4v) is 2.26. The Labute approximate surface area is 90.0 Å². The first-order chi connectivity index (χ1) is 6.20. The van der Waals surface area contributed by atoms with Crippen molar-refractivity contribution in [2.45, 2.75) is 5.75 Å². The highest BCUT2D eigenvalue weighted by Gasteiger charge is 1.99. The van der Waals surface area contributed by atoms with E-state index in [-0.39, 0.29) is 5.91 Å². The molecular formula is C9H10BrNOS. The molecule has 0 bridgehead atoms. The Hall–Kier alpha value is -0.480. The van der Waals surface area contributed by atoms with E-state index < -0.39 is 0 Å². The summed E-state index contributed by atoms with van der Waals surface area (Å²) < 4.78 is 1.08. The number of hydrogen-bond donors (Lipinski definition) is 1. The standard InChI is InChI=1S/C9H10BrNOS/c10-8-4-2-1-3-7(8)5-13-6-9(11)12/h1-4H,5-6H2,(H2,11,12). The number of primary amides is 1. The van der Waals surface area contributed by atoms with Crippen molar-refractivity contribution in [3.05, 3.63) is 34.3 Å². The van der Waals surface area contributed by atoms with Crippen molar-refractivity contribution < 1.29 is 4.79 Å². The van der Waals surface area contributed by atoms with Gasteiger partial charge in [-0.05, 0) is 11.6 Å². The minimum absolute atomic E-state index is 0.267. The van der Waals surface area contributed by atoms with Gasteiger partial charge in [0.15, 0.2) is 0 Å². The zero-order valence-corrected chi connectivity index (χ0v) is 9.40. The molecule has 0 aliphatic heterocycles. The van der Waals surface area contributed by atoms with Crippen LogP contribution >= 0.6 is 27.7 Å². The molecule has 70 valence electrons. The van der Waals surface area contributed by atoms with Crippen molar-refractivity contribution >= 4 is 33.6 Å². The lowest BCUT2D eigenvalue weighted by atomic mass is 10.2. The molecule has 0 aliphatic carbocycles. The zero-order valence-electron chi connectivity index (χ0n) is 7.00. The predicted octanol–water partition coefficient (Wildman–Crippen LogP) is 2.17. The van der Waals surface area contributed by atoms with Gasteiger partial charge in [-0.1, -0.05) is 34.1 Å². The third-order valence-corrected chi connectivity index (χ3v) is 3.24. The second kappa shape index (κ2) is 5.29. The lowest BCUT2D eigenvalue weighted by molar-refractivity contribution is -0.115. The largest absolute Gasteiger partial charge is 0.369 e. The normalized spacial score (nSPS) is 9.92. The SMILES string of the molecule is NC(=O)CSCc1ccccc1Br. The average Bonchev–Trinajstić information content (AvgIpc) is 2.08. The van der Waals surface area contributed by atoms with Gasteiger partial charge in [0.2, 0.25) is 5.91 Å². The summed E-state index contributed by atoms with van der Waals surface area (Å²) in [6, 6.07) is 7.95. The smallest absolute Gasteiger partial charge is 0.227 e. The van der Waals surface area contributed by atoms with Crippen molar-refractivity contribution in [3.63, 3.8) is 0 Å². The first-order valence-corrected chi connectivity index (χ1v) is 5.74. The summed E-state index contributed by atoms with van der Waals surface area (Å²) in [5.41, 5.74) is 6.21. The molecule has 0 radical (unpaired) electrons. The van der Waals surface area contributed by atoms with Crippen LogP contribution in [0.4, 0.5) is 0 Å². The molecule has 0 atom stereocenters. The topological polar surface area (TPSA) is 43.1 Å². The molecule has 1 rings (SSSR count). The molecule has 0 aliphatic rings. The van der Waals surface area contributed by atoms with E-state index in [0.29, 0.717) is 5.75 Å². The van der Waals surface area contributed by atoms with Crippen LogP contribution in [0.25, 0.3) is 0 Å². The lowest BCUT2D eigenvalue weighted by Gasteiger charge is -2.01. The Kier molecular flexibility index (Phi) is 4.32. The van der Waals surface area contributed by atoms with Crippen molar-refractivity contribution in [2.75, 3.05) is 5.75 Å². The van der Waals surface area contributed by atoms with Gasteiger partial charge in [-0.15, -0.1) is 11.8 Å². The van der Waals surface area contributed by atoms with Crippen LogP contribution in [0.5, 0.6) is 0 Å². The van der Waals surface area contributed by atoms with Crippen molar-refractivity contribution in [1.82, 2.24) is 0 Å². The summed E-state index contributed by atoms with van der Waals surface area (Å²) in [4.78, 5) is 10.5. The molecule has 0 aromatic heterocycles. The highest BCUT2D eigenvalue weighted by Crippen LogP contribution is 2.20. The van der Waals surface area contributed by atoms with E-state index in [2.05, 4.69) is 15.9 Å². The number of hydrogen-bond acceptors (Lipinski definition) is 2. The van der Waals surface area contributed by atoms with Crippen LogP contribution in [-0.4, -0.2) is 11.7 Å². The van der Waals surface area contributed by atoms with E-state index in [4.69, 9.17) is 5.73 Å². The first kappa shape index (κ1) is 10.6. The van der Waals surface area contributed by atoms with E-state index >= 15 is 0 Å². The Balaban J connectivity index is 2.45. The Morgan fingerprint density at radius 3 is 2.77 bits per heavy atom. The summed E-state index contributed by atoms with van der Waals surface area (Å²) in [5.74, 6) is 0.920. The first-order valence-electron chi connectivity index (χ1n) is 3.79. The van der Waals surface area contributed by atoms with Crippen LogP contribution in [0.1, 0.15) is 5.56 Å². The predicted molar refractivity (Wildman–Crippen MR) is 59.5 cm³/mol. The van der Waals surface area contributed by atoms with Crippen molar-refractivity contribution in [3.8, 4) is 0 Å². The number of carbonyl (C=O) groups is 1. The third-order valence-electron chi connectivity index (χ3n) is 1.46. The fraction of sp³-hybridized carbons (Fsp3) is 0.222. The highest BCUT2D eigenvalue weighted by atomic mass is 79.9. The van der Waals surface area contributed by atoms with Gasteiger partial charge in [0.25, 0.3) is 0 Å². The maximum absolute atomic E-state index is 10.5. The molecular weight excluding hydrogens is 250 g/mol. The number of thioether (sulfide) groups is 1. The highest BCUT2D eigenvalue weighted by molar-refractivity contribution is 9.10. The molecule has 2 N–H and O–H groups in total. The maximum atomic E-state index is 10.5. The number of carbonyl (C=O) groups excluding carboxylic acids is 1. The molecule has 0 unspecified atom stereocenters. The van der Waals surface area contributed by atoms with E-state index in [1.54, 1.807) is 0 Å². The molecule has 0 saturated carbocycles. The lowest BCUT2D eigenvalue weighted by Crippen LogP contribution is -2.13. The van der Waals surface area contributed by atoms with Gasteiger partial charge in [-0.2, -0.15) is 0 Å². The monoisotopic (exact) mass is 259 g/mol. The van der Waals surface area contributed by atoms with Crippen LogP contribution in [0.15, 0.2) is 28.7 Å². The van der Waals surface area contributed by atoms with Gasteiger partial charge in [0.05, 0.1) is 5.75 Å². The molecule has 1 aromatic rings. The molecule has 4 heteroatoms. The minimum atomic E-state index is -0.267. The zero-order chi connectivity index (χ0) is 9.68. The summed E-state index contributed by atoms with van der Waals surface area (Å²) in [5, 5.41) is 0. The summed E-state index contributed by atoms with van der Waals surface area (Å²) in [7, 11) is 0. The van der Waals surface area contributed by atoms with Gasteiger partial charge in [0, 0.05) is 10.2 Å². The summed E-state index contributed by atoms with van der Waals surface area (Å²) in [6.45, 7) is 0. The molecule has 0 spiro atoms. The van der Waals surface area contributed by atoms with Crippen LogP contribution in [0, 0.1) is 0 Å². The average molecular weight is 260 g/mol. The molecule has 2 nitrogen and oxygen atoms in total. The number of rotatable bonds is 4. The molecule has 13 heavy (non-hydrogen) atoms. The molecule has 0 saturated heterocycles. The van der Waals surface area contributed by atoms with Crippen molar-refractivity contribution in [1.29, 1.82) is 0 Å². The summed E-state index contributed by atoms with van der Waals surface area (Å²) >= 11 is 4.96. The van der Waals surface area contributed by atoms with Gasteiger partial charge in [-0.25, -0.2) is 0 Å². The quantitative estimate of drug-likeness (QED) is 0.901. The molecule has 0 heterocycles. The van der Waals surface area contributed by atoms with Crippen LogP contribution in [0.3, 0.4) is 0 Å². The number of halogens is 1. The Morgan fingerprint density at radius 2 is 2.15 bits per heavy atom. The Bertz CT molecular complexity index is 303. The van der Waals surface area contributed by atoms with Gasteiger partial charge < -0.3 is 5.73 Å². The third kappa shape index (κ3) is 3.83. The van der Waals surface area contributed by atoms with Gasteiger partial charge >= 0.3 is 0 Å². The van der Waals surface area contributed by atoms with Crippen molar-refractivity contribution in [2.24, 2.45) is 5.73 Å². The van der Waals surface area contributed by atoms with Crippen LogP contribution in [0.2, 0.25) is 0 Å². The molecule has 1 amide bonds. The Morgan fingerprint density at radius 1 is 1.46 bits per heavy atom. The minimum Gasteiger partial charge on any atom is -0.369 e. The van der Waals surface area contributed by atoms with E-state index in [9.17, 15) is 4.79 Å². The fourth-order valence-electron chi connectivity index (χ4n) is 0.877. The second-order valence-electron chi connectivity index (χ2n) is 2.55. The van der Waals surface area contributed by atoms with E-state index in [1.165, 1.54) is 17.3 Å². The molecule has 0 fully saturated rings. The second-order valence-corrected chi connectivity index (χ2v) is 4.39. The van der Waals surface area contributed by atoms with Crippen LogP contribution in [-0.2, 0) is 10.5 Å². The number of nitrogens with two attached hydrogens (primary N) is 1. The van der Waals surface area contributed by atoms with Gasteiger partial charge in [-0.3, -0.25) is 4.79 Å². The van der Waals surface area contributed by atoms with E-state index in [1.807, 2.05) is 24.3 Å². The maximum Gasteiger partial charge on any atom is 0.227 e.